The highest BCUT2D eigenvalue weighted by atomic mass is 16.7. The molecule has 174 valence electrons. The van der Waals surface area contributed by atoms with Gasteiger partial charge in [-0.05, 0) is 29.8 Å². The SMILES string of the molecule is O=c1c(-c2ccc3c(c2)OCCO3)coc2cc(O[C@H]3O[C@@H](CO)[C@@H](O)[C@@H](O)[C@@H]3O)ccc12. The lowest BCUT2D eigenvalue weighted by molar-refractivity contribution is -0.277. The number of ether oxygens (including phenoxy) is 4. The van der Waals surface area contributed by atoms with Crippen molar-refractivity contribution in [2.45, 2.75) is 30.7 Å². The minimum Gasteiger partial charge on any atom is -0.486 e. The van der Waals surface area contributed by atoms with Gasteiger partial charge in [0.1, 0.15) is 55.2 Å². The van der Waals surface area contributed by atoms with Gasteiger partial charge < -0.3 is 43.8 Å². The third-order valence-electron chi connectivity index (χ3n) is 5.70. The van der Waals surface area contributed by atoms with Gasteiger partial charge in [-0.2, -0.15) is 0 Å². The summed E-state index contributed by atoms with van der Waals surface area (Å²) in [5, 5.41) is 39.6. The summed E-state index contributed by atoms with van der Waals surface area (Å²) < 4.78 is 27.7. The van der Waals surface area contributed by atoms with E-state index in [1.807, 2.05) is 0 Å². The van der Waals surface area contributed by atoms with Crippen LogP contribution in [0.15, 0.2) is 51.9 Å². The van der Waals surface area contributed by atoms with Crippen LogP contribution in [0.3, 0.4) is 0 Å². The van der Waals surface area contributed by atoms with Crippen molar-refractivity contribution in [1.29, 1.82) is 0 Å². The molecule has 5 rings (SSSR count). The molecule has 2 aliphatic heterocycles. The number of benzene rings is 2. The lowest BCUT2D eigenvalue weighted by Gasteiger charge is -2.39. The molecule has 0 bridgehead atoms. The van der Waals surface area contributed by atoms with E-state index in [-0.39, 0.29) is 16.8 Å². The van der Waals surface area contributed by atoms with Gasteiger partial charge in [0.2, 0.25) is 6.29 Å². The van der Waals surface area contributed by atoms with E-state index >= 15 is 0 Å². The summed E-state index contributed by atoms with van der Waals surface area (Å²) >= 11 is 0. The van der Waals surface area contributed by atoms with Crippen molar-refractivity contribution >= 4 is 11.0 Å². The Bertz CT molecular complexity index is 1220. The first-order chi connectivity index (χ1) is 16.0. The summed E-state index contributed by atoms with van der Waals surface area (Å²) in [6.45, 7) is 0.331. The number of hydrogen-bond acceptors (Lipinski definition) is 10. The highest BCUT2D eigenvalue weighted by molar-refractivity contribution is 5.83. The Morgan fingerprint density at radius 3 is 2.52 bits per heavy atom. The third kappa shape index (κ3) is 3.92. The zero-order valence-electron chi connectivity index (χ0n) is 17.3. The standard InChI is InChI=1S/C23H22O10/c24-9-18-20(26)21(27)22(28)23(33-18)32-12-2-3-13-16(8-12)31-10-14(19(13)25)11-1-4-15-17(7-11)30-6-5-29-15/h1-4,7-8,10,18,20-24,26-28H,5-6,9H2/t18-,20+,21+,22-,23-/m0/s1. The fraction of sp³-hybridized carbons (Fsp3) is 0.348. The van der Waals surface area contributed by atoms with Crippen molar-refractivity contribution in [2.75, 3.05) is 19.8 Å². The van der Waals surface area contributed by atoms with Crippen LogP contribution in [0.2, 0.25) is 0 Å². The lowest BCUT2D eigenvalue weighted by atomic mass is 9.99. The second-order valence-corrected chi connectivity index (χ2v) is 7.81. The highest BCUT2D eigenvalue weighted by Gasteiger charge is 2.44. The molecule has 0 amide bonds. The summed E-state index contributed by atoms with van der Waals surface area (Å²) in [6, 6.07) is 9.68. The molecule has 33 heavy (non-hydrogen) atoms. The van der Waals surface area contributed by atoms with E-state index in [2.05, 4.69) is 0 Å². The predicted molar refractivity (Wildman–Crippen MR) is 113 cm³/mol. The summed E-state index contributed by atoms with van der Waals surface area (Å²) in [5.41, 5.74) is 0.953. The van der Waals surface area contributed by atoms with Gasteiger partial charge >= 0.3 is 0 Å². The van der Waals surface area contributed by atoms with Crippen LogP contribution in [0.5, 0.6) is 17.2 Å². The van der Waals surface area contributed by atoms with Gasteiger partial charge in [0.05, 0.1) is 17.6 Å². The van der Waals surface area contributed by atoms with Crippen LogP contribution in [0.4, 0.5) is 0 Å². The molecule has 10 nitrogen and oxygen atoms in total. The summed E-state index contributed by atoms with van der Waals surface area (Å²) in [4.78, 5) is 13.1. The van der Waals surface area contributed by atoms with Crippen LogP contribution < -0.4 is 19.6 Å². The zero-order valence-corrected chi connectivity index (χ0v) is 17.3. The molecule has 1 fully saturated rings. The molecule has 0 unspecified atom stereocenters. The molecule has 1 aromatic heterocycles. The van der Waals surface area contributed by atoms with Crippen LogP contribution in [-0.4, -0.2) is 71.0 Å². The van der Waals surface area contributed by atoms with E-state index < -0.39 is 37.3 Å². The van der Waals surface area contributed by atoms with Crippen LogP contribution in [0.25, 0.3) is 22.1 Å². The Hall–Kier alpha value is -3.15. The number of aliphatic hydroxyl groups excluding tert-OH is 4. The Balaban J connectivity index is 1.42. The van der Waals surface area contributed by atoms with Crippen molar-refractivity contribution in [1.82, 2.24) is 0 Å². The number of hydrogen-bond donors (Lipinski definition) is 4. The monoisotopic (exact) mass is 458 g/mol. The first-order valence-electron chi connectivity index (χ1n) is 10.4. The van der Waals surface area contributed by atoms with E-state index in [1.165, 1.54) is 24.5 Å². The minimum atomic E-state index is -1.56. The molecule has 4 N–H and O–H groups in total. The molecule has 0 spiro atoms. The van der Waals surface area contributed by atoms with Crippen molar-refractivity contribution in [3.05, 3.63) is 52.9 Å². The van der Waals surface area contributed by atoms with Gasteiger partial charge in [-0.15, -0.1) is 0 Å². The average molecular weight is 458 g/mol. The Kier molecular flexibility index (Phi) is 5.69. The van der Waals surface area contributed by atoms with E-state index in [0.717, 1.165) is 0 Å². The molecule has 0 saturated carbocycles. The van der Waals surface area contributed by atoms with Crippen LogP contribution in [0, 0.1) is 0 Å². The zero-order chi connectivity index (χ0) is 23.1. The molecule has 3 aromatic rings. The smallest absolute Gasteiger partial charge is 0.229 e. The van der Waals surface area contributed by atoms with Crippen LogP contribution >= 0.6 is 0 Å². The Labute approximate surface area is 187 Å². The summed E-state index contributed by atoms with van der Waals surface area (Å²) in [5.74, 6) is 1.37. The highest BCUT2D eigenvalue weighted by Crippen LogP contribution is 2.34. The van der Waals surface area contributed by atoms with Gasteiger partial charge in [-0.25, -0.2) is 0 Å². The molecule has 3 heterocycles. The average Bonchev–Trinajstić information content (AvgIpc) is 2.84. The molecule has 1 saturated heterocycles. The van der Waals surface area contributed by atoms with Crippen LogP contribution in [-0.2, 0) is 4.74 Å². The Morgan fingerprint density at radius 1 is 0.939 bits per heavy atom. The van der Waals surface area contributed by atoms with Gasteiger partial charge in [0, 0.05) is 6.07 Å². The maximum Gasteiger partial charge on any atom is 0.229 e. The molecule has 5 atom stereocenters. The molecule has 0 aliphatic carbocycles. The first kappa shape index (κ1) is 21.7. The fourth-order valence-corrected chi connectivity index (χ4v) is 3.89. The molecule has 2 aromatic carbocycles. The largest absolute Gasteiger partial charge is 0.486 e. The van der Waals surface area contributed by atoms with Gasteiger partial charge in [-0.3, -0.25) is 4.79 Å². The van der Waals surface area contributed by atoms with E-state index in [0.29, 0.717) is 41.2 Å². The van der Waals surface area contributed by atoms with E-state index in [1.54, 1.807) is 18.2 Å². The topological polar surface area (TPSA) is 148 Å². The quantitative estimate of drug-likeness (QED) is 0.433. The second-order valence-electron chi connectivity index (χ2n) is 7.81. The number of rotatable bonds is 4. The second kappa shape index (κ2) is 8.65. The molecular formula is C23H22O10. The maximum absolute atomic E-state index is 13.1. The van der Waals surface area contributed by atoms with Gasteiger partial charge in [-0.1, -0.05) is 6.07 Å². The number of aliphatic hydroxyl groups is 4. The third-order valence-corrected chi connectivity index (χ3v) is 5.70. The summed E-state index contributed by atoms with van der Waals surface area (Å²) in [7, 11) is 0. The molecular weight excluding hydrogens is 436 g/mol. The van der Waals surface area contributed by atoms with Crippen molar-refractivity contribution in [2.24, 2.45) is 0 Å². The first-order valence-corrected chi connectivity index (χ1v) is 10.4. The van der Waals surface area contributed by atoms with Gasteiger partial charge in [0.15, 0.2) is 16.9 Å². The Morgan fingerprint density at radius 2 is 1.73 bits per heavy atom. The normalized spacial score (nSPS) is 26.8. The maximum atomic E-state index is 13.1. The molecule has 2 aliphatic rings. The van der Waals surface area contributed by atoms with Gasteiger partial charge in [0.25, 0.3) is 0 Å². The van der Waals surface area contributed by atoms with E-state index in [4.69, 9.17) is 23.4 Å². The predicted octanol–water partition coefficient (Wildman–Crippen LogP) is 0.410. The van der Waals surface area contributed by atoms with Crippen molar-refractivity contribution < 1.29 is 43.8 Å². The van der Waals surface area contributed by atoms with Crippen molar-refractivity contribution in [3.8, 4) is 28.4 Å². The fourth-order valence-electron chi connectivity index (χ4n) is 3.89. The van der Waals surface area contributed by atoms with Crippen molar-refractivity contribution in [3.63, 3.8) is 0 Å². The van der Waals surface area contributed by atoms with Crippen LogP contribution in [0.1, 0.15) is 0 Å². The summed E-state index contributed by atoms with van der Waals surface area (Å²) in [6.07, 6.45) is -5.70. The number of fused-ring (bicyclic) bond motifs is 2. The van der Waals surface area contributed by atoms with E-state index in [9.17, 15) is 25.2 Å². The molecule has 10 heteroatoms. The minimum absolute atomic E-state index is 0.196. The lowest BCUT2D eigenvalue weighted by Crippen LogP contribution is -2.60. The molecule has 0 radical (unpaired) electrons.